The van der Waals surface area contributed by atoms with Crippen molar-refractivity contribution in [3.63, 3.8) is 0 Å². The summed E-state index contributed by atoms with van der Waals surface area (Å²) in [4.78, 5) is 27.1. The van der Waals surface area contributed by atoms with Crippen LogP contribution in [-0.2, 0) is 11.3 Å². The highest BCUT2D eigenvalue weighted by Crippen LogP contribution is 2.42. The molecule has 0 radical (unpaired) electrons. The Hall–Kier alpha value is -2.11. The Morgan fingerprint density at radius 2 is 1.89 bits per heavy atom. The largest absolute Gasteiger partial charge is 0.335 e. The number of benzene rings is 1. The number of aromatic nitrogens is 1. The van der Waals surface area contributed by atoms with E-state index in [1.54, 1.807) is 16.7 Å². The molecular weight excluding hydrogens is 362 g/mol. The van der Waals surface area contributed by atoms with Crippen LogP contribution in [0, 0.1) is 18.8 Å². The van der Waals surface area contributed by atoms with Crippen LogP contribution in [0.1, 0.15) is 23.7 Å². The Morgan fingerprint density at radius 3 is 2.63 bits per heavy atom. The van der Waals surface area contributed by atoms with Crippen molar-refractivity contribution in [1.29, 1.82) is 0 Å². The Morgan fingerprint density at radius 1 is 1.11 bits per heavy atom. The zero-order chi connectivity index (χ0) is 18.1. The molecule has 0 unspecified atom stereocenters. The minimum Gasteiger partial charge on any atom is -0.335 e. The smallest absolute Gasteiger partial charge is 0.250 e. The quantitative estimate of drug-likeness (QED) is 0.876. The van der Waals surface area contributed by atoms with Crippen molar-refractivity contribution >= 4 is 18.3 Å². The number of amides is 1. The number of carbonyl (C=O) groups excluding carboxylic acids is 1. The summed E-state index contributed by atoms with van der Waals surface area (Å²) < 4.78 is 1.69. The fourth-order valence-corrected chi connectivity index (χ4v) is 4.52. The highest BCUT2D eigenvalue weighted by atomic mass is 35.5. The molecule has 1 aromatic carbocycles. The van der Waals surface area contributed by atoms with E-state index in [1.807, 2.05) is 31.2 Å². The fourth-order valence-electron chi connectivity index (χ4n) is 4.52. The molecule has 0 aliphatic carbocycles. The number of pyridine rings is 1. The van der Waals surface area contributed by atoms with Crippen LogP contribution in [0.5, 0.6) is 0 Å². The van der Waals surface area contributed by atoms with E-state index >= 15 is 0 Å². The van der Waals surface area contributed by atoms with Gasteiger partial charge in [-0.15, -0.1) is 12.4 Å². The van der Waals surface area contributed by atoms with Gasteiger partial charge in [-0.05, 0) is 24.5 Å². The first-order valence-electron chi connectivity index (χ1n) is 9.37. The van der Waals surface area contributed by atoms with Gasteiger partial charge in [-0.2, -0.15) is 0 Å². The SMILES string of the molecule is Cc1cccc(=O)n1CCC(=O)N1C[C@@H]2CNC[C@@H]2[C@H]1c1ccccc1.Cl. The molecule has 2 saturated heterocycles. The molecule has 5 nitrogen and oxygen atoms in total. The van der Waals surface area contributed by atoms with E-state index in [-0.39, 0.29) is 29.9 Å². The van der Waals surface area contributed by atoms with Gasteiger partial charge in [-0.1, -0.05) is 36.4 Å². The van der Waals surface area contributed by atoms with Crippen molar-refractivity contribution < 1.29 is 4.79 Å². The van der Waals surface area contributed by atoms with Gasteiger partial charge in [-0.3, -0.25) is 9.59 Å². The van der Waals surface area contributed by atoms with Gasteiger partial charge in [0.2, 0.25) is 5.91 Å². The zero-order valence-corrected chi connectivity index (χ0v) is 16.3. The van der Waals surface area contributed by atoms with E-state index in [0.717, 1.165) is 25.3 Å². The van der Waals surface area contributed by atoms with Gasteiger partial charge < -0.3 is 14.8 Å². The molecule has 6 heteroatoms. The van der Waals surface area contributed by atoms with Crippen molar-refractivity contribution in [3.8, 4) is 0 Å². The molecule has 0 saturated carbocycles. The summed E-state index contributed by atoms with van der Waals surface area (Å²) in [5.41, 5.74) is 2.07. The van der Waals surface area contributed by atoms with Gasteiger partial charge in [0.15, 0.2) is 0 Å². The molecule has 3 atom stereocenters. The fraction of sp³-hybridized carbons (Fsp3) is 0.429. The lowest BCUT2D eigenvalue weighted by Crippen LogP contribution is -2.35. The summed E-state index contributed by atoms with van der Waals surface area (Å²) in [7, 11) is 0. The van der Waals surface area contributed by atoms with E-state index in [9.17, 15) is 9.59 Å². The number of hydrogen-bond donors (Lipinski definition) is 1. The van der Waals surface area contributed by atoms with Crippen LogP contribution in [0.25, 0.3) is 0 Å². The lowest BCUT2D eigenvalue weighted by Gasteiger charge is -2.28. The number of hydrogen-bond acceptors (Lipinski definition) is 3. The molecule has 2 fully saturated rings. The van der Waals surface area contributed by atoms with E-state index in [1.165, 1.54) is 5.56 Å². The molecule has 1 aromatic heterocycles. The third-order valence-corrected chi connectivity index (χ3v) is 5.84. The molecule has 144 valence electrons. The molecular formula is C21H26ClN3O2. The predicted molar refractivity (Wildman–Crippen MR) is 108 cm³/mol. The number of aryl methyl sites for hydroxylation is 1. The normalized spacial score (nSPS) is 23.7. The Bertz CT molecular complexity index is 852. The summed E-state index contributed by atoms with van der Waals surface area (Å²) in [6, 6.07) is 15.7. The van der Waals surface area contributed by atoms with Crippen molar-refractivity contribution in [1.82, 2.24) is 14.8 Å². The minimum absolute atomic E-state index is 0. The molecule has 4 rings (SSSR count). The summed E-state index contributed by atoms with van der Waals surface area (Å²) in [5, 5.41) is 3.47. The van der Waals surface area contributed by atoms with Gasteiger partial charge in [0.25, 0.3) is 5.56 Å². The third-order valence-electron chi connectivity index (χ3n) is 5.84. The topological polar surface area (TPSA) is 54.3 Å². The molecule has 3 heterocycles. The van der Waals surface area contributed by atoms with Gasteiger partial charge in [0, 0.05) is 50.3 Å². The number of nitrogens with one attached hydrogen (secondary N) is 1. The molecule has 0 spiro atoms. The average molecular weight is 388 g/mol. The minimum atomic E-state index is -0.0418. The number of rotatable bonds is 4. The van der Waals surface area contributed by atoms with Gasteiger partial charge in [0.1, 0.15) is 0 Å². The molecule has 1 amide bonds. The Balaban J connectivity index is 0.00000210. The van der Waals surface area contributed by atoms with Crippen LogP contribution in [-0.4, -0.2) is 35.0 Å². The van der Waals surface area contributed by atoms with Crippen LogP contribution in [0.2, 0.25) is 0 Å². The van der Waals surface area contributed by atoms with E-state index < -0.39 is 0 Å². The Labute approximate surface area is 165 Å². The first-order chi connectivity index (χ1) is 12.6. The van der Waals surface area contributed by atoms with Crippen molar-refractivity contribution in [3.05, 3.63) is 70.1 Å². The standard InChI is InChI=1S/C21H25N3O2.ClH/c1-15-6-5-9-19(25)23(15)11-10-20(26)24-14-17-12-22-13-18(17)21(24)16-7-3-2-4-8-16;/h2-9,17-18,21-22H,10-14H2,1H3;1H/t17-,18-,21+;/m0./s1. The highest BCUT2D eigenvalue weighted by Gasteiger charge is 2.46. The van der Waals surface area contributed by atoms with Crippen LogP contribution >= 0.6 is 12.4 Å². The van der Waals surface area contributed by atoms with Gasteiger partial charge in [-0.25, -0.2) is 0 Å². The van der Waals surface area contributed by atoms with Crippen LogP contribution in [0.4, 0.5) is 0 Å². The summed E-state index contributed by atoms with van der Waals surface area (Å²) in [5.74, 6) is 1.14. The third kappa shape index (κ3) is 3.80. The second kappa shape index (κ2) is 8.28. The number of fused-ring (bicyclic) bond motifs is 1. The highest BCUT2D eigenvalue weighted by molar-refractivity contribution is 5.85. The monoisotopic (exact) mass is 387 g/mol. The van der Waals surface area contributed by atoms with Crippen LogP contribution in [0.3, 0.4) is 0 Å². The number of carbonyl (C=O) groups is 1. The number of nitrogens with zero attached hydrogens (tertiary/aromatic N) is 2. The maximum absolute atomic E-state index is 13.0. The van der Waals surface area contributed by atoms with Crippen LogP contribution in [0.15, 0.2) is 53.3 Å². The second-order valence-electron chi connectivity index (χ2n) is 7.39. The van der Waals surface area contributed by atoms with Gasteiger partial charge in [0.05, 0.1) is 6.04 Å². The zero-order valence-electron chi connectivity index (χ0n) is 15.5. The first kappa shape index (κ1) is 19.6. The van der Waals surface area contributed by atoms with E-state index in [0.29, 0.717) is 24.8 Å². The summed E-state index contributed by atoms with van der Waals surface area (Å²) >= 11 is 0. The van der Waals surface area contributed by atoms with Gasteiger partial charge >= 0.3 is 0 Å². The first-order valence-corrected chi connectivity index (χ1v) is 9.37. The molecule has 27 heavy (non-hydrogen) atoms. The predicted octanol–water partition coefficient (Wildman–Crippen LogP) is 2.39. The number of likely N-dealkylation sites (tertiary alicyclic amines) is 1. The lowest BCUT2D eigenvalue weighted by molar-refractivity contribution is -0.132. The number of halogens is 1. The summed E-state index contributed by atoms with van der Waals surface area (Å²) in [6.45, 7) is 5.10. The Kier molecular flexibility index (Phi) is 6.02. The molecule has 2 aliphatic heterocycles. The van der Waals surface area contributed by atoms with Crippen molar-refractivity contribution in [2.24, 2.45) is 11.8 Å². The van der Waals surface area contributed by atoms with Crippen molar-refractivity contribution in [2.75, 3.05) is 19.6 Å². The molecule has 2 aromatic rings. The van der Waals surface area contributed by atoms with Crippen LogP contribution < -0.4 is 10.9 Å². The maximum Gasteiger partial charge on any atom is 0.250 e. The molecule has 2 aliphatic rings. The molecule has 1 N–H and O–H groups in total. The van der Waals surface area contributed by atoms with Crippen molar-refractivity contribution in [2.45, 2.75) is 25.9 Å². The average Bonchev–Trinajstić information content (AvgIpc) is 3.22. The molecule has 0 bridgehead atoms. The summed E-state index contributed by atoms with van der Waals surface area (Å²) in [6.07, 6.45) is 0.362. The lowest BCUT2D eigenvalue weighted by atomic mass is 9.89. The van der Waals surface area contributed by atoms with E-state index in [2.05, 4.69) is 22.3 Å². The second-order valence-corrected chi connectivity index (χ2v) is 7.39. The maximum atomic E-state index is 13.0. The van der Waals surface area contributed by atoms with E-state index in [4.69, 9.17) is 0 Å².